The first-order valence-electron chi connectivity index (χ1n) is 6.84. The second-order valence-corrected chi connectivity index (χ2v) is 6.74. The fourth-order valence-corrected chi connectivity index (χ4v) is 3.50. The van der Waals surface area contributed by atoms with E-state index in [0.29, 0.717) is 16.5 Å². The Morgan fingerprint density at radius 2 is 2.05 bits per heavy atom. The van der Waals surface area contributed by atoms with Crippen LogP contribution in [0, 0.1) is 3.57 Å². The molecule has 0 aliphatic rings. The molecule has 0 radical (unpaired) electrons. The second-order valence-electron chi connectivity index (χ2n) is 4.76. The monoisotopic (exact) mass is 438 g/mol. The third kappa shape index (κ3) is 3.73. The fourth-order valence-electron chi connectivity index (χ4n) is 2.28. The van der Waals surface area contributed by atoms with Crippen LogP contribution in [-0.4, -0.2) is 14.9 Å². The van der Waals surface area contributed by atoms with Crippen LogP contribution in [0.5, 0.6) is 0 Å². The van der Waals surface area contributed by atoms with E-state index < -0.39 is 6.10 Å². The van der Waals surface area contributed by atoms with Crippen molar-refractivity contribution in [2.45, 2.75) is 39.3 Å². The molecule has 0 saturated heterocycles. The first-order chi connectivity index (χ1) is 9.97. The number of halogens is 3. The average Bonchev–Trinajstić information content (AvgIpc) is 2.77. The number of aromatic nitrogens is 2. The van der Waals surface area contributed by atoms with E-state index in [1.807, 2.05) is 30.7 Å². The largest absolute Gasteiger partial charge is 0.388 e. The molecule has 1 aromatic heterocycles. The number of nitrogens with zero attached hydrogens (tertiary/aromatic N) is 2. The summed E-state index contributed by atoms with van der Waals surface area (Å²) in [7, 11) is 0. The van der Waals surface area contributed by atoms with Gasteiger partial charge in [0, 0.05) is 21.6 Å². The van der Waals surface area contributed by atoms with Gasteiger partial charge >= 0.3 is 0 Å². The van der Waals surface area contributed by atoms with Crippen molar-refractivity contribution < 1.29 is 5.11 Å². The van der Waals surface area contributed by atoms with Gasteiger partial charge in [0.05, 0.1) is 22.5 Å². The minimum atomic E-state index is -0.653. The van der Waals surface area contributed by atoms with Crippen LogP contribution in [0.25, 0.3) is 0 Å². The van der Waals surface area contributed by atoms with Crippen LogP contribution in [0.2, 0.25) is 10.0 Å². The van der Waals surface area contributed by atoms with Crippen molar-refractivity contribution in [3.8, 4) is 0 Å². The maximum Gasteiger partial charge on any atom is 0.0856 e. The molecule has 0 fully saturated rings. The van der Waals surface area contributed by atoms with Crippen LogP contribution in [0.4, 0.5) is 0 Å². The van der Waals surface area contributed by atoms with E-state index in [9.17, 15) is 5.11 Å². The number of aryl methyl sites for hydroxylation is 2. The number of rotatable bonds is 5. The normalized spacial score (nSPS) is 12.7. The van der Waals surface area contributed by atoms with Crippen LogP contribution >= 0.6 is 45.8 Å². The predicted molar refractivity (Wildman–Crippen MR) is 95.1 cm³/mol. The van der Waals surface area contributed by atoms with Crippen LogP contribution in [0.3, 0.4) is 0 Å². The van der Waals surface area contributed by atoms with Crippen molar-refractivity contribution in [3.63, 3.8) is 0 Å². The van der Waals surface area contributed by atoms with Gasteiger partial charge in [-0.2, -0.15) is 5.10 Å². The Morgan fingerprint density at radius 3 is 2.67 bits per heavy atom. The molecule has 114 valence electrons. The lowest BCUT2D eigenvalue weighted by molar-refractivity contribution is 0.174. The van der Waals surface area contributed by atoms with Gasteiger partial charge in [-0.15, -0.1) is 0 Å². The zero-order valence-corrected chi connectivity index (χ0v) is 15.6. The van der Waals surface area contributed by atoms with Crippen LogP contribution in [0.15, 0.2) is 18.2 Å². The van der Waals surface area contributed by atoms with E-state index in [1.165, 1.54) is 0 Å². The molecule has 1 unspecified atom stereocenters. The first kappa shape index (κ1) is 17.1. The van der Waals surface area contributed by atoms with Gasteiger partial charge in [0.2, 0.25) is 0 Å². The highest BCUT2D eigenvalue weighted by Gasteiger charge is 2.20. The Labute approximate surface area is 148 Å². The van der Waals surface area contributed by atoms with Crippen LogP contribution in [0.1, 0.15) is 36.9 Å². The molecule has 0 saturated carbocycles. The SMILES string of the molecule is CCc1nn(CC)c(CC(O)c2cc(Cl)ccc2I)c1Cl. The fraction of sp³-hybridized carbons (Fsp3) is 0.400. The van der Waals surface area contributed by atoms with E-state index in [0.717, 1.165) is 33.5 Å². The highest BCUT2D eigenvalue weighted by atomic mass is 127. The van der Waals surface area contributed by atoms with Gasteiger partial charge in [-0.25, -0.2) is 0 Å². The quantitative estimate of drug-likeness (QED) is 0.689. The molecule has 1 aromatic carbocycles. The van der Waals surface area contributed by atoms with Gasteiger partial charge in [0.15, 0.2) is 0 Å². The summed E-state index contributed by atoms with van der Waals surface area (Å²) in [4.78, 5) is 0. The Balaban J connectivity index is 2.33. The summed E-state index contributed by atoms with van der Waals surface area (Å²) in [5.41, 5.74) is 2.57. The number of benzene rings is 1. The number of aliphatic hydroxyl groups excluding tert-OH is 1. The zero-order chi connectivity index (χ0) is 15.6. The van der Waals surface area contributed by atoms with Crippen LogP contribution in [-0.2, 0) is 19.4 Å². The second kappa shape index (κ2) is 7.31. The highest BCUT2D eigenvalue weighted by Crippen LogP contribution is 2.30. The Kier molecular flexibility index (Phi) is 5.94. The summed E-state index contributed by atoms with van der Waals surface area (Å²) in [6.45, 7) is 4.77. The molecule has 0 amide bonds. The molecule has 0 bridgehead atoms. The molecule has 1 atom stereocenters. The van der Waals surface area contributed by atoms with E-state index in [-0.39, 0.29) is 0 Å². The lowest BCUT2D eigenvalue weighted by Gasteiger charge is -2.14. The van der Waals surface area contributed by atoms with Gasteiger partial charge in [0.25, 0.3) is 0 Å². The standard InChI is InChI=1S/C15H17Cl2IN2O/c1-3-12-15(17)13(20(4-2)19-12)8-14(21)10-7-9(16)5-6-11(10)18/h5-7,14,21H,3-4,8H2,1-2H3. The van der Waals surface area contributed by atoms with E-state index in [4.69, 9.17) is 23.2 Å². The molecule has 21 heavy (non-hydrogen) atoms. The van der Waals surface area contributed by atoms with Gasteiger partial charge in [0.1, 0.15) is 0 Å². The van der Waals surface area contributed by atoms with E-state index in [1.54, 1.807) is 6.07 Å². The van der Waals surface area contributed by atoms with E-state index in [2.05, 4.69) is 27.7 Å². The zero-order valence-electron chi connectivity index (χ0n) is 11.9. The first-order valence-corrected chi connectivity index (χ1v) is 8.68. The van der Waals surface area contributed by atoms with E-state index >= 15 is 0 Å². The van der Waals surface area contributed by atoms with Crippen molar-refractivity contribution in [2.24, 2.45) is 0 Å². The minimum Gasteiger partial charge on any atom is -0.388 e. The summed E-state index contributed by atoms with van der Waals surface area (Å²) in [5.74, 6) is 0. The summed E-state index contributed by atoms with van der Waals surface area (Å²) < 4.78 is 2.85. The van der Waals surface area contributed by atoms with Crippen molar-refractivity contribution in [3.05, 3.63) is 48.8 Å². The molecule has 2 aromatic rings. The molecule has 3 nitrogen and oxygen atoms in total. The molecule has 1 heterocycles. The van der Waals surface area contributed by atoms with Gasteiger partial charge < -0.3 is 5.11 Å². The van der Waals surface area contributed by atoms with Gasteiger partial charge in [-0.05, 0) is 59.7 Å². The smallest absolute Gasteiger partial charge is 0.0856 e. The number of aliphatic hydroxyl groups is 1. The molecule has 6 heteroatoms. The van der Waals surface area contributed by atoms with Crippen LogP contribution < -0.4 is 0 Å². The maximum absolute atomic E-state index is 10.5. The summed E-state index contributed by atoms with van der Waals surface area (Å²) >= 11 is 14.6. The van der Waals surface area contributed by atoms with Crippen molar-refractivity contribution >= 4 is 45.8 Å². The van der Waals surface area contributed by atoms with Gasteiger partial charge in [-0.3, -0.25) is 4.68 Å². The third-order valence-corrected chi connectivity index (χ3v) is 5.05. The average molecular weight is 439 g/mol. The minimum absolute atomic E-state index is 0.427. The summed E-state index contributed by atoms with van der Waals surface area (Å²) in [5, 5.41) is 16.3. The molecular weight excluding hydrogens is 422 g/mol. The molecule has 0 spiro atoms. The Hall–Kier alpha value is -0.300. The predicted octanol–water partition coefficient (Wildman–Crippen LogP) is 4.65. The van der Waals surface area contributed by atoms with Crippen molar-refractivity contribution in [1.82, 2.24) is 9.78 Å². The molecule has 1 N–H and O–H groups in total. The van der Waals surface area contributed by atoms with Crippen molar-refractivity contribution in [1.29, 1.82) is 0 Å². The topological polar surface area (TPSA) is 38.0 Å². The summed E-state index contributed by atoms with van der Waals surface area (Å²) in [6.07, 6.45) is 0.555. The summed E-state index contributed by atoms with van der Waals surface area (Å²) in [6, 6.07) is 5.52. The molecule has 2 rings (SSSR count). The Bertz CT molecular complexity index is 643. The number of hydrogen-bond acceptors (Lipinski definition) is 2. The maximum atomic E-state index is 10.5. The lowest BCUT2D eigenvalue weighted by atomic mass is 10.0. The van der Waals surface area contributed by atoms with Gasteiger partial charge in [-0.1, -0.05) is 30.1 Å². The van der Waals surface area contributed by atoms with Crippen molar-refractivity contribution in [2.75, 3.05) is 0 Å². The lowest BCUT2D eigenvalue weighted by Crippen LogP contribution is -2.10. The number of hydrogen-bond donors (Lipinski definition) is 1. The molecule has 0 aliphatic carbocycles. The molecule has 0 aliphatic heterocycles. The third-order valence-electron chi connectivity index (χ3n) is 3.40. The highest BCUT2D eigenvalue weighted by molar-refractivity contribution is 14.1. The molecular formula is C15H17Cl2IN2O. The Morgan fingerprint density at radius 1 is 1.33 bits per heavy atom.